The zero-order chi connectivity index (χ0) is 26.1. The van der Waals surface area contributed by atoms with Crippen LogP contribution in [0, 0.1) is 0 Å². The Balaban J connectivity index is 1.29. The van der Waals surface area contributed by atoms with E-state index in [1.807, 2.05) is 53.1 Å². The normalized spacial score (nSPS) is 16.7. The van der Waals surface area contributed by atoms with Gasteiger partial charge in [0.15, 0.2) is 17.0 Å². The van der Waals surface area contributed by atoms with Crippen molar-refractivity contribution in [1.29, 1.82) is 0 Å². The summed E-state index contributed by atoms with van der Waals surface area (Å²) in [4.78, 5) is 29.0. The highest BCUT2D eigenvalue weighted by atomic mass is 35.5. The number of hydrogen-bond acceptors (Lipinski definition) is 5. The molecule has 0 spiro atoms. The fraction of sp³-hybridized carbons (Fsp3) is 0.357. The first-order valence-electron chi connectivity index (χ1n) is 13.1. The maximum absolute atomic E-state index is 12.5. The molecule has 1 aliphatic carbocycles. The molecule has 0 bridgehead atoms. The third-order valence-corrected chi connectivity index (χ3v) is 8.03. The van der Waals surface area contributed by atoms with E-state index in [0.717, 1.165) is 55.8 Å². The first kappa shape index (κ1) is 24.9. The number of halogens is 2. The van der Waals surface area contributed by atoms with Crippen molar-refractivity contribution in [2.75, 3.05) is 18.0 Å². The standard InChI is InChI=1S/C28H29Cl2N7O/c29-18-9-11-21(12-10-18)37-25(22-7-3-4-8-23(22)30)35-24-26(31-17-32-27(24)37)36-15-13-20(14-16-36)34-28(38)33-19-5-1-2-6-19/h3-4,7-12,17,19-20H,1-2,5-6,13-16H2,(H2,33,34,38). The predicted molar refractivity (Wildman–Crippen MR) is 151 cm³/mol. The van der Waals surface area contributed by atoms with Crippen molar-refractivity contribution in [1.82, 2.24) is 30.2 Å². The molecule has 8 nitrogen and oxygen atoms in total. The summed E-state index contributed by atoms with van der Waals surface area (Å²) in [6.45, 7) is 1.52. The molecule has 0 atom stereocenters. The van der Waals surface area contributed by atoms with Crippen LogP contribution in [0.1, 0.15) is 38.5 Å². The predicted octanol–water partition coefficient (Wildman–Crippen LogP) is 6.00. The number of urea groups is 1. The number of nitrogens with one attached hydrogen (secondary N) is 2. The van der Waals surface area contributed by atoms with Crippen LogP contribution < -0.4 is 15.5 Å². The number of piperidine rings is 1. The van der Waals surface area contributed by atoms with Gasteiger partial charge < -0.3 is 15.5 Å². The molecule has 1 aliphatic heterocycles. The number of carbonyl (C=O) groups is 1. The number of imidazole rings is 1. The Hall–Kier alpha value is -3.36. The van der Waals surface area contributed by atoms with Crippen molar-refractivity contribution < 1.29 is 4.79 Å². The maximum Gasteiger partial charge on any atom is 0.315 e. The first-order chi connectivity index (χ1) is 18.6. The van der Waals surface area contributed by atoms with E-state index in [9.17, 15) is 4.79 Å². The average Bonchev–Trinajstić information content (AvgIpc) is 3.58. The largest absolute Gasteiger partial charge is 0.355 e. The molecule has 1 saturated carbocycles. The van der Waals surface area contributed by atoms with E-state index in [0.29, 0.717) is 33.1 Å². The minimum atomic E-state index is -0.0501. The highest BCUT2D eigenvalue weighted by Gasteiger charge is 2.27. The highest BCUT2D eigenvalue weighted by Crippen LogP contribution is 2.35. The first-order valence-corrected chi connectivity index (χ1v) is 13.9. The minimum Gasteiger partial charge on any atom is -0.355 e. The lowest BCUT2D eigenvalue weighted by molar-refractivity contribution is 0.230. The second kappa shape index (κ2) is 10.8. The Bertz CT molecular complexity index is 1440. The Morgan fingerprint density at radius 1 is 0.868 bits per heavy atom. The van der Waals surface area contributed by atoms with Gasteiger partial charge in [-0.25, -0.2) is 19.7 Å². The van der Waals surface area contributed by atoms with Crippen molar-refractivity contribution in [2.24, 2.45) is 0 Å². The summed E-state index contributed by atoms with van der Waals surface area (Å²) < 4.78 is 2.00. The zero-order valence-corrected chi connectivity index (χ0v) is 22.4. The van der Waals surface area contributed by atoms with Gasteiger partial charge in [0.1, 0.15) is 12.2 Å². The molecule has 2 fully saturated rings. The van der Waals surface area contributed by atoms with Crippen molar-refractivity contribution >= 4 is 46.2 Å². The molecule has 3 heterocycles. The van der Waals surface area contributed by atoms with Gasteiger partial charge in [0.05, 0.1) is 5.02 Å². The van der Waals surface area contributed by atoms with Gasteiger partial charge in [0.25, 0.3) is 0 Å². The third kappa shape index (κ3) is 5.02. The Labute approximate surface area is 231 Å². The number of amides is 2. The van der Waals surface area contributed by atoms with Crippen LogP contribution in [0.25, 0.3) is 28.2 Å². The third-order valence-electron chi connectivity index (χ3n) is 7.44. The van der Waals surface area contributed by atoms with E-state index in [4.69, 9.17) is 28.2 Å². The number of anilines is 1. The molecule has 2 amide bonds. The second-order valence-corrected chi connectivity index (χ2v) is 10.8. The molecule has 2 N–H and O–H groups in total. The molecule has 1 saturated heterocycles. The second-order valence-electron chi connectivity index (χ2n) is 9.96. The lowest BCUT2D eigenvalue weighted by Crippen LogP contribution is -2.49. The molecule has 0 radical (unpaired) electrons. The molecule has 6 rings (SSSR count). The monoisotopic (exact) mass is 549 g/mol. The number of aromatic nitrogens is 4. The van der Waals surface area contributed by atoms with Gasteiger partial charge in [0, 0.05) is 41.4 Å². The molecular formula is C28H29Cl2N7O. The smallest absolute Gasteiger partial charge is 0.315 e. The molecule has 2 aromatic carbocycles. The van der Waals surface area contributed by atoms with Crippen LogP contribution >= 0.6 is 23.2 Å². The van der Waals surface area contributed by atoms with Crippen LogP contribution in [0.15, 0.2) is 54.9 Å². The van der Waals surface area contributed by atoms with Gasteiger partial charge in [-0.3, -0.25) is 4.57 Å². The van der Waals surface area contributed by atoms with Crippen LogP contribution in [0.2, 0.25) is 10.0 Å². The van der Waals surface area contributed by atoms with Gasteiger partial charge in [-0.15, -0.1) is 0 Å². The molecule has 0 unspecified atom stereocenters. The summed E-state index contributed by atoms with van der Waals surface area (Å²) in [5.41, 5.74) is 3.10. The Morgan fingerprint density at radius 3 is 2.26 bits per heavy atom. The quantitative estimate of drug-likeness (QED) is 0.318. The summed E-state index contributed by atoms with van der Waals surface area (Å²) in [6, 6.07) is 15.6. The SMILES string of the molecule is O=C(NC1CCCC1)NC1CCN(c2ncnc3c2nc(-c2ccccc2Cl)n3-c2ccc(Cl)cc2)CC1. The van der Waals surface area contributed by atoms with Crippen molar-refractivity contribution in [3.8, 4) is 17.1 Å². The highest BCUT2D eigenvalue weighted by molar-refractivity contribution is 6.33. The number of fused-ring (bicyclic) bond motifs is 1. The maximum atomic E-state index is 12.5. The summed E-state index contributed by atoms with van der Waals surface area (Å²) in [6.07, 6.45) is 7.80. The van der Waals surface area contributed by atoms with Crippen LogP contribution in [0.4, 0.5) is 10.6 Å². The lowest BCUT2D eigenvalue weighted by atomic mass is 10.1. The number of carbonyl (C=O) groups excluding carboxylic acids is 1. The van der Waals surface area contributed by atoms with Crippen LogP contribution in [-0.2, 0) is 0 Å². The van der Waals surface area contributed by atoms with Gasteiger partial charge in [-0.1, -0.05) is 48.2 Å². The van der Waals surface area contributed by atoms with Gasteiger partial charge in [-0.05, 0) is 62.1 Å². The van der Waals surface area contributed by atoms with E-state index in [-0.39, 0.29) is 12.1 Å². The topological polar surface area (TPSA) is 88.0 Å². The van der Waals surface area contributed by atoms with Crippen LogP contribution in [0.3, 0.4) is 0 Å². The van der Waals surface area contributed by atoms with E-state index in [1.165, 1.54) is 12.8 Å². The average molecular weight is 550 g/mol. The Morgan fingerprint density at radius 2 is 1.55 bits per heavy atom. The number of benzene rings is 2. The summed E-state index contributed by atoms with van der Waals surface area (Å²) in [5, 5.41) is 7.55. The van der Waals surface area contributed by atoms with Crippen molar-refractivity contribution in [2.45, 2.75) is 50.6 Å². The molecule has 196 valence electrons. The molecule has 2 aromatic heterocycles. The van der Waals surface area contributed by atoms with Crippen molar-refractivity contribution in [3.63, 3.8) is 0 Å². The zero-order valence-electron chi connectivity index (χ0n) is 20.9. The summed E-state index contributed by atoms with van der Waals surface area (Å²) >= 11 is 12.8. The number of hydrogen-bond donors (Lipinski definition) is 2. The molecule has 38 heavy (non-hydrogen) atoms. The van der Waals surface area contributed by atoms with Gasteiger partial charge in [-0.2, -0.15) is 0 Å². The van der Waals surface area contributed by atoms with Crippen LogP contribution in [-0.4, -0.2) is 50.7 Å². The summed E-state index contributed by atoms with van der Waals surface area (Å²) in [7, 11) is 0. The molecule has 2 aliphatic rings. The van der Waals surface area contributed by atoms with Crippen LogP contribution in [0.5, 0.6) is 0 Å². The molecular weight excluding hydrogens is 521 g/mol. The molecule has 10 heteroatoms. The molecule has 4 aromatic rings. The van der Waals surface area contributed by atoms with E-state index in [1.54, 1.807) is 6.33 Å². The van der Waals surface area contributed by atoms with E-state index < -0.39 is 0 Å². The minimum absolute atomic E-state index is 0.0501. The lowest BCUT2D eigenvalue weighted by Gasteiger charge is -2.33. The summed E-state index contributed by atoms with van der Waals surface area (Å²) in [5.74, 6) is 1.47. The van der Waals surface area contributed by atoms with E-state index in [2.05, 4.69) is 25.5 Å². The Kier molecular flexibility index (Phi) is 7.08. The number of rotatable bonds is 5. The van der Waals surface area contributed by atoms with Gasteiger partial charge in [0.2, 0.25) is 0 Å². The number of nitrogens with zero attached hydrogens (tertiary/aromatic N) is 5. The fourth-order valence-corrected chi connectivity index (χ4v) is 5.83. The van der Waals surface area contributed by atoms with Crippen molar-refractivity contribution in [3.05, 3.63) is 64.9 Å². The fourth-order valence-electron chi connectivity index (χ4n) is 5.49. The van der Waals surface area contributed by atoms with E-state index >= 15 is 0 Å². The van der Waals surface area contributed by atoms with Gasteiger partial charge >= 0.3 is 6.03 Å².